The molecular formula is C28H37NO4S. The first-order chi connectivity index (χ1) is 16.0. The predicted molar refractivity (Wildman–Crippen MR) is 135 cm³/mol. The summed E-state index contributed by atoms with van der Waals surface area (Å²) in [5, 5.41) is 20.8. The van der Waals surface area contributed by atoms with Gasteiger partial charge < -0.3 is 9.84 Å². The molecule has 1 aliphatic carbocycles. The topological polar surface area (TPSA) is 87.4 Å². The molecule has 0 saturated heterocycles. The largest absolute Gasteiger partial charge is 0.496 e. The second-order valence-electron chi connectivity index (χ2n) is 10.6. The SMILES string of the molecule is COc1cc2c(cc1C(C)C)CC2(C#N)CCCCC(C)(C)C(O)CS(=O)(=O)c1ccccc1. The van der Waals surface area contributed by atoms with Crippen LogP contribution in [0, 0.1) is 16.7 Å². The van der Waals surface area contributed by atoms with E-state index in [9.17, 15) is 18.8 Å². The molecular weight excluding hydrogens is 446 g/mol. The maximum Gasteiger partial charge on any atom is 0.180 e. The molecule has 1 aliphatic rings. The van der Waals surface area contributed by atoms with Gasteiger partial charge in [-0.05, 0) is 65.5 Å². The van der Waals surface area contributed by atoms with Gasteiger partial charge in [-0.1, -0.05) is 64.8 Å². The van der Waals surface area contributed by atoms with Gasteiger partial charge in [0, 0.05) is 0 Å². The van der Waals surface area contributed by atoms with Gasteiger partial charge in [0.05, 0.1) is 35.3 Å². The first kappa shape index (κ1) is 26.2. The van der Waals surface area contributed by atoms with Crippen molar-refractivity contribution in [3.05, 3.63) is 59.2 Å². The van der Waals surface area contributed by atoms with Gasteiger partial charge in [-0.3, -0.25) is 0 Å². The van der Waals surface area contributed by atoms with E-state index in [-0.39, 0.29) is 10.6 Å². The standard InChI is InChI=1S/C28H37NO4S/c1-20(2)23-15-21-17-28(19-29,24(21)16-25(23)33-5)14-10-9-13-27(3,4)26(30)18-34(31,32)22-11-7-6-8-12-22/h6-8,11-12,15-16,20,26,30H,9-10,13-14,17-18H2,1-5H3. The number of nitriles is 1. The number of sulfone groups is 1. The van der Waals surface area contributed by atoms with E-state index >= 15 is 0 Å². The number of methoxy groups -OCH3 is 1. The van der Waals surface area contributed by atoms with Crippen LogP contribution in [-0.4, -0.2) is 32.5 Å². The Balaban J connectivity index is 1.59. The molecule has 0 radical (unpaired) electrons. The molecule has 5 nitrogen and oxygen atoms in total. The van der Waals surface area contributed by atoms with Crippen molar-refractivity contribution in [3.8, 4) is 11.8 Å². The third-order valence-electron chi connectivity index (χ3n) is 7.36. The summed E-state index contributed by atoms with van der Waals surface area (Å²) in [5.74, 6) is 0.908. The van der Waals surface area contributed by atoms with Crippen LogP contribution in [0.25, 0.3) is 0 Å². The van der Waals surface area contributed by atoms with Crippen molar-refractivity contribution in [2.75, 3.05) is 12.9 Å². The van der Waals surface area contributed by atoms with Crippen LogP contribution in [-0.2, 0) is 21.7 Å². The first-order valence-electron chi connectivity index (χ1n) is 12.0. The van der Waals surface area contributed by atoms with Crippen molar-refractivity contribution in [2.24, 2.45) is 5.41 Å². The Morgan fingerprint density at radius 3 is 2.44 bits per heavy atom. The number of nitrogens with zero attached hydrogens (tertiary/aromatic N) is 1. The summed E-state index contributed by atoms with van der Waals surface area (Å²) in [7, 11) is -1.88. The number of benzene rings is 2. The van der Waals surface area contributed by atoms with Crippen molar-refractivity contribution < 1.29 is 18.3 Å². The summed E-state index contributed by atoms with van der Waals surface area (Å²) in [6.45, 7) is 8.10. The molecule has 0 aromatic heterocycles. The Bertz CT molecular complexity index is 1150. The van der Waals surface area contributed by atoms with Gasteiger partial charge >= 0.3 is 0 Å². The fourth-order valence-corrected chi connectivity index (χ4v) is 6.52. The van der Waals surface area contributed by atoms with Crippen LogP contribution in [0.15, 0.2) is 47.4 Å². The number of rotatable bonds is 11. The zero-order chi connectivity index (χ0) is 25.1. The predicted octanol–water partition coefficient (Wildman–Crippen LogP) is 5.56. The minimum atomic E-state index is -3.55. The van der Waals surface area contributed by atoms with Crippen LogP contribution in [0.2, 0.25) is 0 Å². The van der Waals surface area contributed by atoms with Crippen LogP contribution < -0.4 is 4.74 Å². The Hall–Kier alpha value is -2.36. The van der Waals surface area contributed by atoms with E-state index in [4.69, 9.17) is 4.74 Å². The average Bonchev–Trinajstić information content (AvgIpc) is 2.79. The fraction of sp³-hybridized carbons (Fsp3) is 0.536. The van der Waals surface area contributed by atoms with E-state index in [1.165, 1.54) is 11.1 Å². The average molecular weight is 484 g/mol. The van der Waals surface area contributed by atoms with Gasteiger partial charge in [0.25, 0.3) is 0 Å². The number of unbranched alkanes of at least 4 members (excludes halogenated alkanes) is 1. The summed E-state index contributed by atoms with van der Waals surface area (Å²) < 4.78 is 30.9. The fourth-order valence-electron chi connectivity index (χ4n) is 4.89. The lowest BCUT2D eigenvalue weighted by Gasteiger charge is -2.40. The first-order valence-corrected chi connectivity index (χ1v) is 13.7. The van der Waals surface area contributed by atoms with E-state index in [1.54, 1.807) is 37.4 Å². The van der Waals surface area contributed by atoms with Gasteiger partial charge in [-0.2, -0.15) is 5.26 Å². The molecule has 0 bridgehead atoms. The molecule has 2 unspecified atom stereocenters. The van der Waals surface area contributed by atoms with Crippen molar-refractivity contribution in [1.29, 1.82) is 5.26 Å². The highest BCUT2D eigenvalue weighted by molar-refractivity contribution is 7.91. The highest BCUT2D eigenvalue weighted by Gasteiger charge is 2.43. The van der Waals surface area contributed by atoms with E-state index < -0.39 is 26.8 Å². The molecule has 0 fully saturated rings. The molecule has 2 atom stereocenters. The molecule has 34 heavy (non-hydrogen) atoms. The third kappa shape index (κ3) is 5.31. The molecule has 0 spiro atoms. The molecule has 184 valence electrons. The number of aliphatic hydroxyl groups is 1. The minimum absolute atomic E-state index is 0.237. The molecule has 0 heterocycles. The monoisotopic (exact) mass is 483 g/mol. The zero-order valence-electron chi connectivity index (χ0n) is 21.0. The van der Waals surface area contributed by atoms with Crippen LogP contribution in [0.4, 0.5) is 0 Å². The van der Waals surface area contributed by atoms with Gasteiger partial charge in [0.2, 0.25) is 0 Å². The van der Waals surface area contributed by atoms with Crippen LogP contribution in [0.5, 0.6) is 5.75 Å². The molecule has 2 aromatic rings. The zero-order valence-corrected chi connectivity index (χ0v) is 21.8. The summed E-state index contributed by atoms with van der Waals surface area (Å²) in [6, 6.07) is 15.0. The minimum Gasteiger partial charge on any atom is -0.496 e. The smallest absolute Gasteiger partial charge is 0.180 e. The highest BCUT2D eigenvalue weighted by Crippen LogP contribution is 2.48. The molecule has 0 saturated carbocycles. The van der Waals surface area contributed by atoms with E-state index in [2.05, 4.69) is 26.0 Å². The number of aliphatic hydroxyl groups excluding tert-OH is 1. The van der Waals surface area contributed by atoms with Crippen molar-refractivity contribution >= 4 is 9.84 Å². The molecule has 6 heteroatoms. The molecule has 0 amide bonds. The lowest BCUT2D eigenvalue weighted by atomic mass is 9.61. The summed E-state index contributed by atoms with van der Waals surface area (Å²) in [5.41, 5.74) is 2.44. The van der Waals surface area contributed by atoms with E-state index in [0.717, 1.165) is 37.0 Å². The summed E-state index contributed by atoms with van der Waals surface area (Å²) in [4.78, 5) is 0.237. The molecule has 3 rings (SSSR count). The second kappa shape index (κ2) is 10.1. The molecule has 1 N–H and O–H groups in total. The van der Waals surface area contributed by atoms with Crippen LogP contribution in [0.1, 0.15) is 76.0 Å². The maximum absolute atomic E-state index is 12.7. The lowest BCUT2D eigenvalue weighted by molar-refractivity contribution is 0.0599. The number of ether oxygens (including phenoxy) is 1. The Morgan fingerprint density at radius 1 is 1.18 bits per heavy atom. The number of hydrogen-bond acceptors (Lipinski definition) is 5. The van der Waals surface area contributed by atoms with Gasteiger partial charge in [-0.15, -0.1) is 0 Å². The number of hydrogen-bond donors (Lipinski definition) is 1. The maximum atomic E-state index is 12.7. The second-order valence-corrected chi connectivity index (χ2v) is 12.6. The van der Waals surface area contributed by atoms with E-state index in [0.29, 0.717) is 12.3 Å². The van der Waals surface area contributed by atoms with Crippen molar-refractivity contribution in [3.63, 3.8) is 0 Å². The van der Waals surface area contributed by atoms with Crippen molar-refractivity contribution in [2.45, 2.75) is 82.1 Å². The molecule has 2 aromatic carbocycles. The molecule has 0 aliphatic heterocycles. The van der Waals surface area contributed by atoms with E-state index in [1.807, 2.05) is 19.9 Å². The Morgan fingerprint density at radius 2 is 1.85 bits per heavy atom. The van der Waals surface area contributed by atoms with Crippen LogP contribution >= 0.6 is 0 Å². The quantitative estimate of drug-likeness (QED) is 0.423. The summed E-state index contributed by atoms with van der Waals surface area (Å²) >= 11 is 0. The van der Waals surface area contributed by atoms with Crippen molar-refractivity contribution in [1.82, 2.24) is 0 Å². The third-order valence-corrected chi connectivity index (χ3v) is 9.10. The van der Waals surface area contributed by atoms with Gasteiger partial charge in [-0.25, -0.2) is 8.42 Å². The highest BCUT2D eigenvalue weighted by atomic mass is 32.2. The Labute approximate surface area is 204 Å². The lowest BCUT2D eigenvalue weighted by Crippen LogP contribution is -2.38. The van der Waals surface area contributed by atoms with Gasteiger partial charge in [0.1, 0.15) is 5.75 Å². The Kier molecular flexibility index (Phi) is 7.79. The summed E-state index contributed by atoms with van der Waals surface area (Å²) in [6.07, 6.45) is 2.87. The number of fused-ring (bicyclic) bond motifs is 1. The van der Waals surface area contributed by atoms with Crippen LogP contribution in [0.3, 0.4) is 0 Å². The van der Waals surface area contributed by atoms with Gasteiger partial charge in [0.15, 0.2) is 9.84 Å². The normalized spacial score (nSPS) is 18.6.